The van der Waals surface area contributed by atoms with Crippen LogP contribution >= 0.6 is 0 Å². The van der Waals surface area contributed by atoms with Crippen molar-refractivity contribution in [2.45, 2.75) is 63.9 Å². The highest BCUT2D eigenvalue weighted by molar-refractivity contribution is 5.40. The first kappa shape index (κ1) is 14.2. The van der Waals surface area contributed by atoms with Crippen LogP contribution < -0.4 is 11.6 Å². The first-order valence-electron chi connectivity index (χ1n) is 7.12. The van der Waals surface area contributed by atoms with Gasteiger partial charge in [0.25, 0.3) is 0 Å². The number of hydrogen-bond acceptors (Lipinski definition) is 4. The van der Waals surface area contributed by atoms with E-state index in [2.05, 4.69) is 0 Å². The van der Waals surface area contributed by atoms with Crippen LogP contribution in [0.3, 0.4) is 0 Å². The Morgan fingerprint density at radius 1 is 1.32 bits per heavy atom. The van der Waals surface area contributed by atoms with Crippen LogP contribution in [-0.2, 0) is 11.2 Å². The van der Waals surface area contributed by atoms with E-state index in [0.29, 0.717) is 18.2 Å². The zero-order valence-electron chi connectivity index (χ0n) is 12.3. The van der Waals surface area contributed by atoms with Gasteiger partial charge in [0.1, 0.15) is 11.6 Å². The summed E-state index contributed by atoms with van der Waals surface area (Å²) in [7, 11) is 1.71. The summed E-state index contributed by atoms with van der Waals surface area (Å²) in [4.78, 5) is 4.70. The van der Waals surface area contributed by atoms with E-state index in [1.807, 2.05) is 13.8 Å². The van der Waals surface area contributed by atoms with Crippen molar-refractivity contribution in [1.82, 2.24) is 9.66 Å². The number of nitrogens with two attached hydrogens (primary N) is 2. The molecule has 0 radical (unpaired) electrons. The number of ether oxygens (including phenoxy) is 1. The van der Waals surface area contributed by atoms with E-state index in [4.69, 9.17) is 21.3 Å². The maximum Gasteiger partial charge on any atom is 0.146 e. The van der Waals surface area contributed by atoms with E-state index in [1.54, 1.807) is 11.8 Å². The van der Waals surface area contributed by atoms with Gasteiger partial charge in [-0.1, -0.05) is 19.3 Å². The second kappa shape index (κ2) is 5.41. The van der Waals surface area contributed by atoms with Gasteiger partial charge in [0.05, 0.1) is 11.3 Å². The van der Waals surface area contributed by atoms with Crippen LogP contribution in [0, 0.1) is 0 Å². The van der Waals surface area contributed by atoms with Crippen molar-refractivity contribution in [3.63, 3.8) is 0 Å². The topological polar surface area (TPSA) is 79.1 Å². The molecule has 1 aliphatic rings. The van der Waals surface area contributed by atoms with Crippen LogP contribution in [-0.4, -0.2) is 22.4 Å². The van der Waals surface area contributed by atoms with Crippen molar-refractivity contribution in [1.29, 1.82) is 0 Å². The maximum absolute atomic E-state index is 6.09. The van der Waals surface area contributed by atoms with Crippen LogP contribution in [0.5, 0.6) is 0 Å². The van der Waals surface area contributed by atoms with Crippen molar-refractivity contribution in [3.8, 4) is 0 Å². The number of hydrogen-bond donors (Lipinski definition) is 2. The fourth-order valence-electron chi connectivity index (χ4n) is 2.77. The number of nitrogens with zero attached hydrogens (tertiary/aromatic N) is 2. The van der Waals surface area contributed by atoms with Crippen LogP contribution in [0.1, 0.15) is 63.4 Å². The predicted octanol–water partition coefficient (Wildman–Crippen LogP) is 2.19. The van der Waals surface area contributed by atoms with E-state index in [9.17, 15) is 0 Å². The molecular weight excluding hydrogens is 240 g/mol. The summed E-state index contributed by atoms with van der Waals surface area (Å²) in [6.07, 6.45) is 6.86. The molecule has 0 aromatic carbocycles. The Hall–Kier alpha value is -1.23. The molecule has 1 fully saturated rings. The fourth-order valence-corrected chi connectivity index (χ4v) is 2.77. The van der Waals surface area contributed by atoms with Crippen molar-refractivity contribution < 1.29 is 4.74 Å². The van der Waals surface area contributed by atoms with E-state index in [-0.39, 0.29) is 5.60 Å². The summed E-state index contributed by atoms with van der Waals surface area (Å²) in [6, 6.07) is 0. The average molecular weight is 266 g/mol. The van der Waals surface area contributed by atoms with Crippen LogP contribution in [0.4, 0.5) is 5.82 Å². The van der Waals surface area contributed by atoms with Gasteiger partial charge in [-0.3, -0.25) is 0 Å². The molecule has 0 bridgehead atoms. The molecule has 1 heterocycles. The molecule has 0 saturated heterocycles. The minimum atomic E-state index is -0.272. The molecule has 1 aliphatic carbocycles. The summed E-state index contributed by atoms with van der Waals surface area (Å²) < 4.78 is 7.03. The minimum absolute atomic E-state index is 0.272. The van der Waals surface area contributed by atoms with Crippen molar-refractivity contribution in [2.75, 3.05) is 18.7 Å². The Balaban J connectivity index is 2.22. The van der Waals surface area contributed by atoms with Crippen LogP contribution in [0.15, 0.2) is 0 Å². The van der Waals surface area contributed by atoms with Gasteiger partial charge in [0.2, 0.25) is 0 Å². The van der Waals surface area contributed by atoms with Gasteiger partial charge in [-0.05, 0) is 26.7 Å². The summed E-state index contributed by atoms with van der Waals surface area (Å²) in [5.41, 5.74) is 6.68. The Morgan fingerprint density at radius 3 is 2.53 bits per heavy atom. The molecule has 0 unspecified atom stereocenters. The van der Waals surface area contributed by atoms with Crippen molar-refractivity contribution >= 4 is 5.82 Å². The quantitative estimate of drug-likeness (QED) is 0.819. The van der Waals surface area contributed by atoms with E-state index in [0.717, 1.165) is 11.5 Å². The number of imidazole rings is 1. The number of nitrogen functional groups attached to an aromatic ring is 2. The second-order valence-electron chi connectivity index (χ2n) is 6.15. The first-order valence-corrected chi connectivity index (χ1v) is 7.12. The molecule has 0 spiro atoms. The van der Waals surface area contributed by atoms with Gasteiger partial charge < -0.3 is 16.3 Å². The van der Waals surface area contributed by atoms with Crippen LogP contribution in [0.2, 0.25) is 0 Å². The smallest absolute Gasteiger partial charge is 0.146 e. The average Bonchev–Trinajstić information content (AvgIpc) is 2.68. The lowest BCUT2D eigenvalue weighted by atomic mass is 9.89. The van der Waals surface area contributed by atoms with E-state index < -0.39 is 0 Å². The highest BCUT2D eigenvalue weighted by atomic mass is 16.5. The highest BCUT2D eigenvalue weighted by Gasteiger charge is 2.26. The Labute approximate surface area is 115 Å². The fraction of sp³-hybridized carbons (Fsp3) is 0.786. The normalized spacial score (nSPS) is 17.8. The minimum Gasteiger partial charge on any atom is -0.382 e. The molecule has 1 aromatic rings. The molecule has 1 aromatic heterocycles. The molecule has 108 valence electrons. The Morgan fingerprint density at radius 2 is 1.95 bits per heavy atom. The van der Waals surface area contributed by atoms with Gasteiger partial charge in [-0.2, -0.15) is 0 Å². The lowest BCUT2D eigenvalue weighted by molar-refractivity contribution is 0.0226. The zero-order chi connectivity index (χ0) is 14.0. The number of methoxy groups -OCH3 is 1. The monoisotopic (exact) mass is 266 g/mol. The van der Waals surface area contributed by atoms with Gasteiger partial charge in [-0.25, -0.2) is 9.66 Å². The SMILES string of the molecule is COC(C)(C)Cc1nc(C2CCCCC2)n(N)c1N. The third-order valence-corrected chi connectivity index (χ3v) is 4.17. The van der Waals surface area contributed by atoms with Crippen LogP contribution in [0.25, 0.3) is 0 Å². The Bertz CT molecular complexity index is 433. The number of anilines is 1. The highest BCUT2D eigenvalue weighted by Crippen LogP contribution is 2.33. The summed E-state index contributed by atoms with van der Waals surface area (Å²) in [5.74, 6) is 8.06. The molecular formula is C14H26N4O. The lowest BCUT2D eigenvalue weighted by Gasteiger charge is -2.21. The summed E-state index contributed by atoms with van der Waals surface area (Å²) in [5, 5.41) is 0. The maximum atomic E-state index is 6.09. The Kier molecular flexibility index (Phi) is 4.04. The standard InChI is InChI=1S/C14H26N4O/c1-14(2,19-3)9-11-12(15)18(16)13(17-11)10-7-5-4-6-8-10/h10H,4-9,15-16H2,1-3H3. The van der Waals surface area contributed by atoms with Gasteiger partial charge in [0, 0.05) is 19.4 Å². The zero-order valence-corrected chi connectivity index (χ0v) is 12.3. The summed E-state index contributed by atoms with van der Waals surface area (Å²) in [6.45, 7) is 4.06. The van der Waals surface area contributed by atoms with Gasteiger partial charge in [-0.15, -0.1) is 0 Å². The number of rotatable bonds is 4. The molecule has 5 nitrogen and oxygen atoms in total. The molecule has 0 amide bonds. The molecule has 2 rings (SSSR count). The second-order valence-corrected chi connectivity index (χ2v) is 6.15. The van der Waals surface area contributed by atoms with Gasteiger partial charge in [0.15, 0.2) is 0 Å². The van der Waals surface area contributed by atoms with Crippen molar-refractivity contribution in [3.05, 3.63) is 11.5 Å². The molecule has 0 aliphatic heterocycles. The molecule has 5 heteroatoms. The third kappa shape index (κ3) is 3.03. The van der Waals surface area contributed by atoms with E-state index >= 15 is 0 Å². The largest absolute Gasteiger partial charge is 0.382 e. The molecule has 19 heavy (non-hydrogen) atoms. The summed E-state index contributed by atoms with van der Waals surface area (Å²) >= 11 is 0. The van der Waals surface area contributed by atoms with E-state index in [1.165, 1.54) is 32.1 Å². The molecule has 4 N–H and O–H groups in total. The van der Waals surface area contributed by atoms with Gasteiger partial charge >= 0.3 is 0 Å². The molecule has 0 atom stereocenters. The molecule has 1 saturated carbocycles. The lowest BCUT2D eigenvalue weighted by Crippen LogP contribution is -2.26. The first-order chi connectivity index (χ1) is 8.94. The third-order valence-electron chi connectivity index (χ3n) is 4.17. The number of aromatic nitrogens is 2. The van der Waals surface area contributed by atoms with Crippen molar-refractivity contribution in [2.24, 2.45) is 0 Å². The predicted molar refractivity (Wildman–Crippen MR) is 77.4 cm³/mol.